The highest BCUT2D eigenvalue weighted by molar-refractivity contribution is 8.00. The third-order valence-electron chi connectivity index (χ3n) is 4.45. The maximum Gasteiger partial charge on any atom is 0.121 e. The van der Waals surface area contributed by atoms with Crippen LogP contribution in [0.1, 0.15) is 45.4 Å². The highest BCUT2D eigenvalue weighted by Crippen LogP contribution is 2.31. The van der Waals surface area contributed by atoms with Gasteiger partial charge in [-0.15, -0.1) is 6.58 Å². The summed E-state index contributed by atoms with van der Waals surface area (Å²) in [7, 11) is 2.13. The van der Waals surface area contributed by atoms with Gasteiger partial charge in [-0.1, -0.05) is 19.6 Å². The molecule has 0 aromatic heterocycles. The average Bonchev–Trinajstić information content (AvgIpc) is 2.51. The quantitative estimate of drug-likeness (QED) is 0.437. The standard InChI is InChI=1S/C18H31NOS/c1-5-13-21-18(11-12-20)15(3)19(4)14-17-9-7-16(6-2)8-10-17/h6,12,16-18H,2-3,5,7-11,13-14H2,1,4H3. The Morgan fingerprint density at radius 3 is 2.57 bits per heavy atom. The van der Waals surface area contributed by atoms with E-state index in [1.165, 1.54) is 25.7 Å². The van der Waals surface area contributed by atoms with E-state index in [0.717, 1.165) is 42.5 Å². The predicted molar refractivity (Wildman–Crippen MR) is 94.6 cm³/mol. The molecule has 2 nitrogen and oxygen atoms in total. The van der Waals surface area contributed by atoms with Gasteiger partial charge >= 0.3 is 0 Å². The van der Waals surface area contributed by atoms with Crippen molar-refractivity contribution in [2.24, 2.45) is 11.8 Å². The van der Waals surface area contributed by atoms with Crippen LogP contribution < -0.4 is 0 Å². The monoisotopic (exact) mass is 309 g/mol. The molecule has 1 saturated carbocycles. The van der Waals surface area contributed by atoms with Gasteiger partial charge in [0.2, 0.25) is 0 Å². The second-order valence-electron chi connectivity index (χ2n) is 6.15. The zero-order valence-corrected chi connectivity index (χ0v) is 14.5. The van der Waals surface area contributed by atoms with E-state index in [1.54, 1.807) is 0 Å². The fourth-order valence-electron chi connectivity index (χ4n) is 3.00. The molecule has 1 rings (SSSR count). The number of nitrogens with zero attached hydrogens (tertiary/aromatic N) is 1. The van der Waals surface area contributed by atoms with Crippen molar-refractivity contribution < 1.29 is 4.79 Å². The lowest BCUT2D eigenvalue weighted by Gasteiger charge is -2.33. The van der Waals surface area contributed by atoms with Gasteiger partial charge in [0.1, 0.15) is 6.29 Å². The Hall–Kier alpha value is -0.700. The lowest BCUT2D eigenvalue weighted by atomic mass is 9.82. The van der Waals surface area contributed by atoms with Crippen molar-refractivity contribution in [2.45, 2.75) is 50.7 Å². The summed E-state index contributed by atoms with van der Waals surface area (Å²) in [5, 5.41) is 0.247. The molecule has 0 aliphatic heterocycles. The van der Waals surface area contributed by atoms with E-state index in [0.29, 0.717) is 6.42 Å². The molecule has 1 unspecified atom stereocenters. The SMILES string of the molecule is C=CC1CCC(CN(C)C(=C)C(CC=O)SCCC)CC1. The van der Waals surface area contributed by atoms with Gasteiger partial charge in [0.05, 0.1) is 5.25 Å². The molecule has 1 aliphatic carbocycles. The largest absolute Gasteiger partial charge is 0.377 e. The number of aldehydes is 1. The third-order valence-corrected chi connectivity index (χ3v) is 5.96. The summed E-state index contributed by atoms with van der Waals surface area (Å²) >= 11 is 1.86. The first kappa shape index (κ1) is 18.3. The molecule has 3 heteroatoms. The van der Waals surface area contributed by atoms with Crippen LogP contribution in [0, 0.1) is 11.8 Å². The van der Waals surface area contributed by atoms with Gasteiger partial charge in [-0.3, -0.25) is 0 Å². The molecule has 0 bridgehead atoms. The number of carbonyl (C=O) groups is 1. The Balaban J connectivity index is 2.44. The first-order valence-corrected chi connectivity index (χ1v) is 9.24. The van der Waals surface area contributed by atoms with Crippen molar-refractivity contribution in [3.05, 3.63) is 24.9 Å². The predicted octanol–water partition coefficient (Wildman–Crippen LogP) is 4.53. The van der Waals surface area contributed by atoms with Crippen LogP contribution in [-0.4, -0.2) is 35.8 Å². The van der Waals surface area contributed by atoms with Crippen LogP contribution in [0.3, 0.4) is 0 Å². The van der Waals surface area contributed by atoms with Crippen LogP contribution in [0.4, 0.5) is 0 Å². The Labute approximate surface area is 135 Å². The highest BCUT2D eigenvalue weighted by atomic mass is 32.2. The molecular formula is C18H31NOS. The lowest BCUT2D eigenvalue weighted by molar-refractivity contribution is -0.107. The van der Waals surface area contributed by atoms with Crippen LogP contribution in [0.2, 0.25) is 0 Å². The molecule has 1 fully saturated rings. The van der Waals surface area contributed by atoms with Gasteiger partial charge < -0.3 is 9.69 Å². The van der Waals surface area contributed by atoms with Gasteiger partial charge in [0, 0.05) is 25.7 Å². The third kappa shape index (κ3) is 6.29. The van der Waals surface area contributed by atoms with Gasteiger partial charge in [0.25, 0.3) is 0 Å². The fraction of sp³-hybridized carbons (Fsp3) is 0.722. The minimum atomic E-state index is 0.247. The summed E-state index contributed by atoms with van der Waals surface area (Å²) in [5.41, 5.74) is 1.12. The first-order chi connectivity index (χ1) is 10.1. The number of hydrogen-bond donors (Lipinski definition) is 0. The van der Waals surface area contributed by atoms with Gasteiger partial charge in [-0.25, -0.2) is 0 Å². The normalized spacial score (nSPS) is 23.3. The second kappa shape index (κ2) is 10.1. The van der Waals surface area contributed by atoms with E-state index in [9.17, 15) is 4.79 Å². The minimum Gasteiger partial charge on any atom is -0.377 e. The molecule has 0 spiro atoms. The Morgan fingerprint density at radius 2 is 2.05 bits per heavy atom. The van der Waals surface area contributed by atoms with Crippen LogP contribution >= 0.6 is 11.8 Å². The Bertz CT molecular complexity index is 334. The van der Waals surface area contributed by atoms with Crippen molar-refractivity contribution in [3.8, 4) is 0 Å². The van der Waals surface area contributed by atoms with E-state index in [1.807, 2.05) is 11.8 Å². The van der Waals surface area contributed by atoms with Crippen LogP contribution in [0.5, 0.6) is 0 Å². The summed E-state index contributed by atoms with van der Waals surface area (Å²) in [6, 6.07) is 0. The summed E-state index contributed by atoms with van der Waals surface area (Å²) in [5.74, 6) is 2.57. The van der Waals surface area contributed by atoms with E-state index in [-0.39, 0.29) is 5.25 Å². The maximum absolute atomic E-state index is 10.9. The maximum atomic E-state index is 10.9. The summed E-state index contributed by atoms with van der Waals surface area (Å²) in [6.07, 6.45) is 9.98. The summed E-state index contributed by atoms with van der Waals surface area (Å²) in [6.45, 7) is 11.4. The average molecular weight is 310 g/mol. The number of hydrogen-bond acceptors (Lipinski definition) is 3. The Kier molecular flexibility index (Phi) is 8.82. The van der Waals surface area contributed by atoms with Crippen LogP contribution in [0.15, 0.2) is 24.9 Å². The molecule has 0 saturated heterocycles. The van der Waals surface area contributed by atoms with Crippen molar-refractivity contribution >= 4 is 18.0 Å². The summed E-state index contributed by atoms with van der Waals surface area (Å²) < 4.78 is 0. The van der Waals surface area contributed by atoms with Gasteiger partial charge in [-0.05, 0) is 49.7 Å². The minimum absolute atomic E-state index is 0.247. The van der Waals surface area contributed by atoms with E-state index in [2.05, 4.69) is 38.1 Å². The number of carbonyl (C=O) groups excluding carboxylic acids is 1. The number of thioether (sulfide) groups is 1. The molecule has 0 heterocycles. The molecule has 0 amide bonds. The smallest absolute Gasteiger partial charge is 0.121 e. The molecular weight excluding hydrogens is 278 g/mol. The van der Waals surface area contributed by atoms with Crippen molar-refractivity contribution in [1.82, 2.24) is 4.90 Å². The molecule has 1 atom stereocenters. The molecule has 0 aromatic carbocycles. The molecule has 0 aromatic rings. The number of rotatable bonds is 10. The zero-order chi connectivity index (χ0) is 15.7. The molecule has 1 aliphatic rings. The summed E-state index contributed by atoms with van der Waals surface area (Å²) in [4.78, 5) is 13.2. The van der Waals surface area contributed by atoms with Crippen molar-refractivity contribution in [1.29, 1.82) is 0 Å². The highest BCUT2D eigenvalue weighted by Gasteiger charge is 2.23. The molecule has 0 N–H and O–H groups in total. The molecule has 0 radical (unpaired) electrons. The molecule has 120 valence electrons. The topological polar surface area (TPSA) is 20.3 Å². The molecule has 21 heavy (non-hydrogen) atoms. The van der Waals surface area contributed by atoms with Crippen LogP contribution in [-0.2, 0) is 4.79 Å². The van der Waals surface area contributed by atoms with Crippen molar-refractivity contribution in [3.63, 3.8) is 0 Å². The van der Waals surface area contributed by atoms with Gasteiger partial charge in [0.15, 0.2) is 0 Å². The van der Waals surface area contributed by atoms with Crippen LogP contribution in [0.25, 0.3) is 0 Å². The number of allylic oxidation sites excluding steroid dienone is 1. The van der Waals surface area contributed by atoms with Crippen molar-refractivity contribution in [2.75, 3.05) is 19.3 Å². The van der Waals surface area contributed by atoms with E-state index in [4.69, 9.17) is 0 Å². The van der Waals surface area contributed by atoms with E-state index < -0.39 is 0 Å². The Morgan fingerprint density at radius 1 is 1.38 bits per heavy atom. The first-order valence-electron chi connectivity index (χ1n) is 8.20. The lowest BCUT2D eigenvalue weighted by Crippen LogP contribution is -2.31. The fourth-order valence-corrected chi connectivity index (χ4v) is 4.11. The second-order valence-corrected chi connectivity index (χ2v) is 7.46. The van der Waals surface area contributed by atoms with E-state index >= 15 is 0 Å². The van der Waals surface area contributed by atoms with Gasteiger partial charge in [-0.2, -0.15) is 11.8 Å². The zero-order valence-electron chi connectivity index (χ0n) is 13.7.